The predicted octanol–water partition coefficient (Wildman–Crippen LogP) is 1.18. The standard InChI is InChI=1S/C15H17N3O4/c19-13(17-6-2-1-3-7-17)10-18-14(20)12(16-15(18)21)9-11-5-4-8-22-11/h4-5,8-9H,1-3,6-7,10H2,(H,16,21)/b12-9-. The Morgan fingerprint density at radius 1 is 1.27 bits per heavy atom. The Bertz CT molecular complexity index is 615. The Morgan fingerprint density at radius 3 is 2.73 bits per heavy atom. The monoisotopic (exact) mass is 303 g/mol. The van der Waals surface area contributed by atoms with Gasteiger partial charge in [0.1, 0.15) is 18.0 Å². The summed E-state index contributed by atoms with van der Waals surface area (Å²) in [4.78, 5) is 38.9. The van der Waals surface area contributed by atoms with Crippen LogP contribution in [0.1, 0.15) is 25.0 Å². The molecule has 0 spiro atoms. The average molecular weight is 303 g/mol. The largest absolute Gasteiger partial charge is 0.465 e. The van der Waals surface area contributed by atoms with Gasteiger partial charge in [0, 0.05) is 19.2 Å². The van der Waals surface area contributed by atoms with Crippen molar-refractivity contribution in [3.8, 4) is 0 Å². The zero-order chi connectivity index (χ0) is 15.5. The number of urea groups is 1. The third-order valence-corrected chi connectivity index (χ3v) is 3.79. The van der Waals surface area contributed by atoms with Crippen LogP contribution in [-0.2, 0) is 9.59 Å². The van der Waals surface area contributed by atoms with Gasteiger partial charge in [-0.05, 0) is 31.4 Å². The summed E-state index contributed by atoms with van der Waals surface area (Å²) < 4.78 is 5.12. The van der Waals surface area contributed by atoms with E-state index in [1.807, 2.05) is 0 Å². The number of hydrogen-bond donors (Lipinski definition) is 1. The summed E-state index contributed by atoms with van der Waals surface area (Å²) in [6, 6.07) is 2.78. The van der Waals surface area contributed by atoms with Crippen molar-refractivity contribution in [2.24, 2.45) is 0 Å². The van der Waals surface area contributed by atoms with Gasteiger partial charge in [0.2, 0.25) is 5.91 Å². The average Bonchev–Trinajstić information content (AvgIpc) is 3.12. The van der Waals surface area contributed by atoms with Gasteiger partial charge in [0.25, 0.3) is 5.91 Å². The van der Waals surface area contributed by atoms with Crippen molar-refractivity contribution in [2.45, 2.75) is 19.3 Å². The van der Waals surface area contributed by atoms with Crippen molar-refractivity contribution in [3.63, 3.8) is 0 Å². The zero-order valence-corrected chi connectivity index (χ0v) is 12.1. The molecule has 1 aromatic heterocycles. The Hall–Kier alpha value is -2.57. The topological polar surface area (TPSA) is 82.9 Å². The van der Waals surface area contributed by atoms with Crippen molar-refractivity contribution in [1.82, 2.24) is 15.1 Å². The SMILES string of the molecule is O=C(CN1C(=O)N/C(=C\c2ccco2)C1=O)N1CCCCC1. The summed E-state index contributed by atoms with van der Waals surface area (Å²) in [5.41, 5.74) is 0.117. The van der Waals surface area contributed by atoms with Crippen molar-refractivity contribution in [1.29, 1.82) is 0 Å². The minimum absolute atomic E-state index is 0.117. The summed E-state index contributed by atoms with van der Waals surface area (Å²) in [6.45, 7) is 1.16. The van der Waals surface area contributed by atoms with E-state index in [1.165, 1.54) is 12.3 Å². The number of nitrogens with zero attached hydrogens (tertiary/aromatic N) is 2. The van der Waals surface area contributed by atoms with E-state index < -0.39 is 11.9 Å². The highest BCUT2D eigenvalue weighted by Gasteiger charge is 2.36. The molecule has 116 valence electrons. The lowest BCUT2D eigenvalue weighted by Crippen LogP contribution is -2.44. The molecule has 3 heterocycles. The maximum atomic E-state index is 12.2. The van der Waals surface area contributed by atoms with Gasteiger partial charge >= 0.3 is 6.03 Å². The number of amides is 4. The number of nitrogens with one attached hydrogen (secondary N) is 1. The first-order chi connectivity index (χ1) is 10.6. The fourth-order valence-corrected chi connectivity index (χ4v) is 2.61. The first-order valence-corrected chi connectivity index (χ1v) is 7.31. The van der Waals surface area contributed by atoms with E-state index in [9.17, 15) is 14.4 Å². The fraction of sp³-hybridized carbons (Fsp3) is 0.400. The summed E-state index contributed by atoms with van der Waals surface area (Å²) in [5.74, 6) is -0.234. The van der Waals surface area contributed by atoms with Crippen LogP contribution in [0.4, 0.5) is 4.79 Å². The molecular formula is C15H17N3O4. The summed E-state index contributed by atoms with van der Waals surface area (Å²) >= 11 is 0. The molecule has 0 radical (unpaired) electrons. The number of furan rings is 1. The summed E-state index contributed by atoms with van der Waals surface area (Å²) in [7, 11) is 0. The molecule has 2 saturated heterocycles. The highest BCUT2D eigenvalue weighted by molar-refractivity contribution is 6.15. The molecule has 0 bridgehead atoms. The molecule has 2 fully saturated rings. The lowest BCUT2D eigenvalue weighted by atomic mass is 10.1. The van der Waals surface area contributed by atoms with Gasteiger partial charge < -0.3 is 14.6 Å². The number of hydrogen-bond acceptors (Lipinski definition) is 4. The second kappa shape index (κ2) is 6.05. The molecule has 0 unspecified atom stereocenters. The quantitative estimate of drug-likeness (QED) is 0.671. The van der Waals surface area contributed by atoms with Gasteiger partial charge in [-0.15, -0.1) is 0 Å². The lowest BCUT2D eigenvalue weighted by Gasteiger charge is -2.27. The van der Waals surface area contributed by atoms with E-state index in [1.54, 1.807) is 17.0 Å². The van der Waals surface area contributed by atoms with Crippen LogP contribution >= 0.6 is 0 Å². The molecule has 2 aliphatic heterocycles. The van der Waals surface area contributed by atoms with Gasteiger partial charge in [0.15, 0.2) is 0 Å². The van der Waals surface area contributed by atoms with E-state index >= 15 is 0 Å². The molecule has 4 amide bonds. The Labute approximate surface area is 127 Å². The van der Waals surface area contributed by atoms with Gasteiger partial charge in [0.05, 0.1) is 6.26 Å². The highest BCUT2D eigenvalue weighted by Crippen LogP contribution is 2.15. The molecule has 1 N–H and O–H groups in total. The minimum atomic E-state index is -0.576. The molecule has 22 heavy (non-hydrogen) atoms. The number of carbonyl (C=O) groups excluding carboxylic acids is 3. The molecule has 0 aromatic carbocycles. The zero-order valence-electron chi connectivity index (χ0n) is 12.1. The van der Waals surface area contributed by atoms with Crippen molar-refractivity contribution in [3.05, 3.63) is 29.9 Å². The first-order valence-electron chi connectivity index (χ1n) is 7.31. The maximum absolute atomic E-state index is 12.2. The van der Waals surface area contributed by atoms with Crippen molar-refractivity contribution < 1.29 is 18.8 Å². The van der Waals surface area contributed by atoms with Gasteiger partial charge in [-0.2, -0.15) is 0 Å². The van der Waals surface area contributed by atoms with Crippen LogP contribution in [0, 0.1) is 0 Å². The van der Waals surface area contributed by atoms with E-state index in [0.717, 1.165) is 24.2 Å². The second-order valence-corrected chi connectivity index (χ2v) is 5.34. The maximum Gasteiger partial charge on any atom is 0.329 e. The van der Waals surface area contributed by atoms with Crippen LogP contribution in [-0.4, -0.2) is 47.3 Å². The van der Waals surface area contributed by atoms with Crippen molar-refractivity contribution in [2.75, 3.05) is 19.6 Å². The molecule has 7 heteroatoms. The van der Waals surface area contributed by atoms with Gasteiger partial charge in [-0.1, -0.05) is 0 Å². The highest BCUT2D eigenvalue weighted by atomic mass is 16.3. The molecule has 7 nitrogen and oxygen atoms in total. The van der Waals surface area contributed by atoms with Crippen LogP contribution in [0.15, 0.2) is 28.5 Å². The van der Waals surface area contributed by atoms with Gasteiger partial charge in [-0.25, -0.2) is 9.69 Å². The Balaban J connectivity index is 1.68. The number of rotatable bonds is 3. The Kier molecular flexibility index (Phi) is 3.95. The molecule has 1 aromatic rings. The van der Waals surface area contributed by atoms with Crippen LogP contribution in [0.2, 0.25) is 0 Å². The molecule has 0 aliphatic carbocycles. The van der Waals surface area contributed by atoms with Crippen LogP contribution in [0.3, 0.4) is 0 Å². The smallest absolute Gasteiger partial charge is 0.329 e. The summed E-state index contributed by atoms with van der Waals surface area (Å²) in [6.07, 6.45) is 5.98. The number of imide groups is 1. The summed E-state index contributed by atoms with van der Waals surface area (Å²) in [5, 5.41) is 2.47. The molecule has 2 aliphatic rings. The van der Waals surface area contributed by atoms with E-state index in [4.69, 9.17) is 4.42 Å². The Morgan fingerprint density at radius 2 is 2.05 bits per heavy atom. The number of likely N-dealkylation sites (tertiary alicyclic amines) is 1. The molecule has 0 atom stereocenters. The predicted molar refractivity (Wildman–Crippen MR) is 77.4 cm³/mol. The van der Waals surface area contributed by atoms with Crippen LogP contribution in [0.5, 0.6) is 0 Å². The first kappa shape index (κ1) is 14.4. The lowest BCUT2D eigenvalue weighted by molar-refractivity contribution is -0.136. The van der Waals surface area contributed by atoms with E-state index in [-0.39, 0.29) is 18.1 Å². The molecular weight excluding hydrogens is 286 g/mol. The minimum Gasteiger partial charge on any atom is -0.465 e. The van der Waals surface area contributed by atoms with Crippen LogP contribution in [0.25, 0.3) is 6.08 Å². The van der Waals surface area contributed by atoms with E-state index in [0.29, 0.717) is 18.8 Å². The third kappa shape index (κ3) is 2.88. The molecule has 0 saturated carbocycles. The van der Waals surface area contributed by atoms with Crippen molar-refractivity contribution >= 4 is 23.9 Å². The van der Waals surface area contributed by atoms with E-state index in [2.05, 4.69) is 5.32 Å². The molecule has 3 rings (SSSR count). The second-order valence-electron chi connectivity index (χ2n) is 5.34. The third-order valence-electron chi connectivity index (χ3n) is 3.79. The number of carbonyl (C=O) groups is 3. The number of piperidine rings is 1. The van der Waals surface area contributed by atoms with Crippen LogP contribution < -0.4 is 5.32 Å². The fourth-order valence-electron chi connectivity index (χ4n) is 2.61. The van der Waals surface area contributed by atoms with Gasteiger partial charge in [-0.3, -0.25) is 9.59 Å². The normalized spacial score (nSPS) is 20.6.